The molecular weight excluding hydrogens is 312 g/mol. The molecule has 3 rings (SSSR count). The first-order valence-corrected chi connectivity index (χ1v) is 8.14. The average Bonchev–Trinajstić information content (AvgIpc) is 2.99. The predicted molar refractivity (Wildman–Crippen MR) is 90.9 cm³/mol. The van der Waals surface area contributed by atoms with Crippen LogP contribution in [0.2, 0.25) is 0 Å². The standard InChI is InChI=1S/C16H16N4O2S/c1-3-20(11(2)21)16-18-12(9-23-16)8-19-10-17-14-7-5-4-6-13(14)15(19)22/h4-7,9-10H,3,8H2,1-2H3. The van der Waals surface area contributed by atoms with Gasteiger partial charge >= 0.3 is 0 Å². The summed E-state index contributed by atoms with van der Waals surface area (Å²) in [6.45, 7) is 4.32. The Hall–Kier alpha value is -2.54. The Labute approximate surface area is 137 Å². The third-order valence-corrected chi connectivity index (χ3v) is 4.44. The molecule has 7 heteroatoms. The first kappa shape index (κ1) is 15.4. The summed E-state index contributed by atoms with van der Waals surface area (Å²) in [7, 11) is 0. The van der Waals surface area contributed by atoms with Gasteiger partial charge in [0.2, 0.25) is 5.91 Å². The zero-order valence-corrected chi connectivity index (χ0v) is 13.7. The molecule has 0 saturated heterocycles. The number of carbonyl (C=O) groups is 1. The molecule has 2 aromatic heterocycles. The zero-order chi connectivity index (χ0) is 16.4. The van der Waals surface area contributed by atoms with Crippen molar-refractivity contribution in [1.29, 1.82) is 0 Å². The average molecular weight is 328 g/mol. The van der Waals surface area contributed by atoms with Gasteiger partial charge in [-0.05, 0) is 19.1 Å². The zero-order valence-electron chi connectivity index (χ0n) is 12.9. The van der Waals surface area contributed by atoms with E-state index >= 15 is 0 Å². The highest BCUT2D eigenvalue weighted by Gasteiger charge is 2.14. The van der Waals surface area contributed by atoms with Crippen LogP contribution in [0.3, 0.4) is 0 Å². The van der Waals surface area contributed by atoms with E-state index in [1.807, 2.05) is 30.5 Å². The van der Waals surface area contributed by atoms with E-state index in [4.69, 9.17) is 0 Å². The summed E-state index contributed by atoms with van der Waals surface area (Å²) in [5.74, 6) is -0.0436. The van der Waals surface area contributed by atoms with Crippen molar-refractivity contribution in [2.75, 3.05) is 11.4 Å². The smallest absolute Gasteiger partial charge is 0.261 e. The summed E-state index contributed by atoms with van der Waals surface area (Å²) in [6.07, 6.45) is 1.53. The molecule has 0 aliphatic carbocycles. The molecular formula is C16H16N4O2S. The van der Waals surface area contributed by atoms with E-state index in [1.165, 1.54) is 29.2 Å². The molecule has 0 fully saturated rings. The molecule has 0 radical (unpaired) electrons. The number of thiazole rings is 1. The van der Waals surface area contributed by atoms with Gasteiger partial charge in [-0.15, -0.1) is 11.3 Å². The van der Waals surface area contributed by atoms with Crippen molar-refractivity contribution in [3.63, 3.8) is 0 Å². The first-order chi connectivity index (χ1) is 11.1. The second-order valence-corrected chi connectivity index (χ2v) is 5.92. The van der Waals surface area contributed by atoms with Crippen LogP contribution in [0.1, 0.15) is 19.5 Å². The van der Waals surface area contributed by atoms with E-state index in [1.54, 1.807) is 11.0 Å². The maximum absolute atomic E-state index is 12.5. The molecule has 0 saturated carbocycles. The number of hydrogen-bond donors (Lipinski definition) is 0. The van der Waals surface area contributed by atoms with E-state index in [9.17, 15) is 9.59 Å². The number of hydrogen-bond acceptors (Lipinski definition) is 5. The van der Waals surface area contributed by atoms with Crippen LogP contribution in [0.5, 0.6) is 0 Å². The predicted octanol–water partition coefficient (Wildman–Crippen LogP) is 2.27. The minimum Gasteiger partial charge on any atom is -0.293 e. The van der Waals surface area contributed by atoms with E-state index in [-0.39, 0.29) is 11.5 Å². The summed E-state index contributed by atoms with van der Waals surface area (Å²) in [5, 5.41) is 3.10. The fraction of sp³-hybridized carbons (Fsp3) is 0.250. The number of carbonyl (C=O) groups excluding carboxylic acids is 1. The molecule has 3 aromatic rings. The van der Waals surface area contributed by atoms with Gasteiger partial charge in [0.1, 0.15) is 0 Å². The molecule has 0 aliphatic rings. The Kier molecular flexibility index (Phi) is 4.20. The van der Waals surface area contributed by atoms with Crippen LogP contribution >= 0.6 is 11.3 Å². The highest BCUT2D eigenvalue weighted by Crippen LogP contribution is 2.21. The van der Waals surface area contributed by atoms with Gasteiger partial charge in [0.25, 0.3) is 5.56 Å². The summed E-state index contributed by atoms with van der Waals surface area (Å²) in [4.78, 5) is 34.4. The molecule has 23 heavy (non-hydrogen) atoms. The van der Waals surface area contributed by atoms with Crippen LogP contribution in [0.15, 0.2) is 40.8 Å². The Morgan fingerprint density at radius 1 is 1.35 bits per heavy atom. The minimum atomic E-state index is -0.0935. The number of amides is 1. The molecule has 0 unspecified atom stereocenters. The van der Waals surface area contributed by atoms with Crippen LogP contribution in [0.25, 0.3) is 10.9 Å². The molecule has 0 atom stereocenters. The van der Waals surface area contributed by atoms with Gasteiger partial charge in [0, 0.05) is 18.8 Å². The number of fused-ring (bicyclic) bond motifs is 1. The van der Waals surface area contributed by atoms with Crippen LogP contribution < -0.4 is 10.5 Å². The molecule has 0 aliphatic heterocycles. The van der Waals surface area contributed by atoms with Gasteiger partial charge in [0.05, 0.1) is 29.5 Å². The van der Waals surface area contributed by atoms with E-state index in [0.29, 0.717) is 29.1 Å². The molecule has 0 spiro atoms. The van der Waals surface area contributed by atoms with Crippen LogP contribution in [0.4, 0.5) is 5.13 Å². The number of anilines is 1. The van der Waals surface area contributed by atoms with Crippen molar-refractivity contribution in [2.45, 2.75) is 20.4 Å². The van der Waals surface area contributed by atoms with Gasteiger partial charge in [-0.25, -0.2) is 9.97 Å². The molecule has 118 valence electrons. The van der Waals surface area contributed by atoms with Crippen LogP contribution in [-0.2, 0) is 11.3 Å². The van der Waals surface area contributed by atoms with E-state index in [2.05, 4.69) is 9.97 Å². The molecule has 6 nitrogen and oxygen atoms in total. The highest BCUT2D eigenvalue weighted by molar-refractivity contribution is 7.14. The maximum Gasteiger partial charge on any atom is 0.261 e. The molecule has 1 aromatic carbocycles. The number of benzene rings is 1. The van der Waals surface area contributed by atoms with Crippen molar-refractivity contribution >= 4 is 33.3 Å². The Balaban J connectivity index is 1.91. The number of aromatic nitrogens is 3. The fourth-order valence-corrected chi connectivity index (χ4v) is 3.30. The van der Waals surface area contributed by atoms with Crippen molar-refractivity contribution in [2.24, 2.45) is 0 Å². The first-order valence-electron chi connectivity index (χ1n) is 7.27. The van der Waals surface area contributed by atoms with Crippen molar-refractivity contribution in [1.82, 2.24) is 14.5 Å². The van der Waals surface area contributed by atoms with Crippen molar-refractivity contribution in [3.05, 3.63) is 52.0 Å². The molecule has 1 amide bonds. The van der Waals surface area contributed by atoms with E-state index < -0.39 is 0 Å². The minimum absolute atomic E-state index is 0.0436. The lowest BCUT2D eigenvalue weighted by molar-refractivity contribution is -0.116. The second-order valence-electron chi connectivity index (χ2n) is 5.08. The van der Waals surface area contributed by atoms with E-state index in [0.717, 1.165) is 5.69 Å². The summed E-state index contributed by atoms with van der Waals surface area (Å²) in [6, 6.07) is 7.26. The Bertz CT molecular complexity index is 916. The maximum atomic E-state index is 12.5. The van der Waals surface area contributed by atoms with Gasteiger partial charge in [-0.2, -0.15) is 0 Å². The van der Waals surface area contributed by atoms with Gasteiger partial charge < -0.3 is 0 Å². The quantitative estimate of drug-likeness (QED) is 0.737. The van der Waals surface area contributed by atoms with Gasteiger partial charge in [0.15, 0.2) is 5.13 Å². The summed E-state index contributed by atoms with van der Waals surface area (Å²) in [5.41, 5.74) is 1.33. The normalized spacial score (nSPS) is 10.9. The third kappa shape index (κ3) is 3.00. The fourth-order valence-electron chi connectivity index (χ4n) is 2.38. The molecule has 0 bridgehead atoms. The lowest BCUT2D eigenvalue weighted by atomic mass is 10.2. The monoisotopic (exact) mass is 328 g/mol. The van der Waals surface area contributed by atoms with Crippen molar-refractivity contribution < 1.29 is 4.79 Å². The summed E-state index contributed by atoms with van der Waals surface area (Å²) < 4.78 is 1.53. The van der Waals surface area contributed by atoms with Gasteiger partial charge in [-0.3, -0.25) is 19.1 Å². The Morgan fingerprint density at radius 3 is 2.87 bits per heavy atom. The SMILES string of the molecule is CCN(C(C)=O)c1nc(Cn2cnc3ccccc3c2=O)cs1. The van der Waals surface area contributed by atoms with Crippen LogP contribution in [-0.4, -0.2) is 27.0 Å². The van der Waals surface area contributed by atoms with Gasteiger partial charge in [-0.1, -0.05) is 12.1 Å². The number of nitrogens with zero attached hydrogens (tertiary/aromatic N) is 4. The van der Waals surface area contributed by atoms with Crippen molar-refractivity contribution in [3.8, 4) is 0 Å². The summed E-state index contributed by atoms with van der Waals surface area (Å²) >= 11 is 1.40. The lowest BCUT2D eigenvalue weighted by Gasteiger charge is -2.14. The number of rotatable bonds is 4. The third-order valence-electron chi connectivity index (χ3n) is 3.53. The lowest BCUT2D eigenvalue weighted by Crippen LogP contribution is -2.27. The number of para-hydroxylation sites is 1. The molecule has 0 N–H and O–H groups in total. The largest absolute Gasteiger partial charge is 0.293 e. The second kappa shape index (κ2) is 6.29. The van der Waals surface area contributed by atoms with Crippen LogP contribution in [0, 0.1) is 0 Å². The Morgan fingerprint density at radius 2 is 2.13 bits per heavy atom. The topological polar surface area (TPSA) is 68.1 Å². The molecule has 2 heterocycles. The highest BCUT2D eigenvalue weighted by atomic mass is 32.1.